The summed E-state index contributed by atoms with van der Waals surface area (Å²) in [5.41, 5.74) is 2.05. The molecule has 8 nitrogen and oxygen atoms in total. The fourth-order valence-electron chi connectivity index (χ4n) is 3.83. The number of ether oxygens (including phenoxy) is 2. The van der Waals surface area contributed by atoms with Crippen LogP contribution in [-0.2, 0) is 11.3 Å². The largest absolute Gasteiger partial charge is 0.454 e. The minimum Gasteiger partial charge on any atom is -0.454 e. The van der Waals surface area contributed by atoms with Crippen LogP contribution in [-0.4, -0.2) is 64.1 Å². The molecule has 1 saturated heterocycles. The Morgan fingerprint density at radius 3 is 2.62 bits per heavy atom. The molecule has 166 valence electrons. The van der Waals surface area contributed by atoms with Crippen molar-refractivity contribution < 1.29 is 18.7 Å². The van der Waals surface area contributed by atoms with Crippen LogP contribution in [0.15, 0.2) is 58.2 Å². The van der Waals surface area contributed by atoms with E-state index in [4.69, 9.17) is 13.9 Å². The van der Waals surface area contributed by atoms with Gasteiger partial charge in [-0.05, 0) is 30.7 Å². The molecule has 2 aliphatic rings. The van der Waals surface area contributed by atoms with E-state index < -0.39 is 0 Å². The highest BCUT2D eigenvalue weighted by molar-refractivity contribution is 8.00. The van der Waals surface area contributed by atoms with Gasteiger partial charge in [-0.25, -0.2) is 0 Å². The van der Waals surface area contributed by atoms with Crippen LogP contribution in [0.4, 0.5) is 0 Å². The van der Waals surface area contributed by atoms with Crippen molar-refractivity contribution in [2.75, 3.05) is 33.0 Å². The summed E-state index contributed by atoms with van der Waals surface area (Å²) in [6, 6.07) is 15.9. The van der Waals surface area contributed by atoms with Gasteiger partial charge in [-0.1, -0.05) is 42.1 Å². The third kappa shape index (κ3) is 4.58. The molecule has 5 rings (SSSR count). The first kappa shape index (κ1) is 20.8. The normalized spacial score (nSPS) is 16.8. The number of carbonyl (C=O) groups is 1. The third-order valence-electron chi connectivity index (χ3n) is 5.58. The van der Waals surface area contributed by atoms with Gasteiger partial charge in [0.1, 0.15) is 0 Å². The minimum atomic E-state index is -0.305. The Balaban J connectivity index is 1.14. The van der Waals surface area contributed by atoms with Crippen molar-refractivity contribution >= 4 is 17.7 Å². The Morgan fingerprint density at radius 1 is 1.03 bits per heavy atom. The number of piperazine rings is 1. The number of rotatable bonds is 6. The standard InChI is InChI=1S/C23H24N4O4S/c1-16(22(28)27-11-9-26(10-12-27)14-17-5-3-2-4-6-17)32-23-25-24-21(31-23)18-7-8-19-20(13-18)30-15-29-19/h2-8,13,16H,9-12,14-15H2,1H3/t16-/m1/s1. The number of carbonyl (C=O) groups excluding carboxylic acids is 1. The summed E-state index contributed by atoms with van der Waals surface area (Å²) in [5, 5.41) is 8.30. The number of aromatic nitrogens is 2. The van der Waals surface area contributed by atoms with E-state index in [1.165, 1.54) is 17.3 Å². The molecule has 1 atom stereocenters. The van der Waals surface area contributed by atoms with Crippen molar-refractivity contribution in [3.05, 3.63) is 54.1 Å². The number of nitrogens with zero attached hydrogens (tertiary/aromatic N) is 4. The zero-order valence-electron chi connectivity index (χ0n) is 17.8. The SMILES string of the molecule is C[C@@H](Sc1nnc(-c2ccc3c(c2)OCO3)o1)C(=O)N1CCN(Cc2ccccc2)CC1. The first-order chi connectivity index (χ1) is 15.7. The number of benzene rings is 2. The first-order valence-corrected chi connectivity index (χ1v) is 11.5. The molecule has 1 fully saturated rings. The van der Waals surface area contributed by atoms with Gasteiger partial charge >= 0.3 is 0 Å². The Bertz CT molecular complexity index is 1080. The van der Waals surface area contributed by atoms with Crippen molar-refractivity contribution in [1.82, 2.24) is 20.0 Å². The van der Waals surface area contributed by atoms with Crippen LogP contribution in [0, 0.1) is 0 Å². The highest BCUT2D eigenvalue weighted by atomic mass is 32.2. The van der Waals surface area contributed by atoms with E-state index in [1.54, 1.807) is 0 Å². The lowest BCUT2D eigenvalue weighted by molar-refractivity contribution is -0.132. The minimum absolute atomic E-state index is 0.0946. The van der Waals surface area contributed by atoms with Crippen LogP contribution in [0.2, 0.25) is 0 Å². The molecule has 3 aromatic rings. The van der Waals surface area contributed by atoms with Gasteiger partial charge in [0, 0.05) is 38.3 Å². The van der Waals surface area contributed by atoms with Crippen molar-refractivity contribution in [1.29, 1.82) is 0 Å². The molecule has 0 N–H and O–H groups in total. The van der Waals surface area contributed by atoms with Gasteiger partial charge in [-0.15, -0.1) is 10.2 Å². The average molecular weight is 453 g/mol. The van der Waals surface area contributed by atoms with Crippen LogP contribution >= 0.6 is 11.8 Å². The number of hydrogen-bond donors (Lipinski definition) is 0. The average Bonchev–Trinajstić information content (AvgIpc) is 3.49. The maximum absolute atomic E-state index is 12.9. The second-order valence-electron chi connectivity index (χ2n) is 7.79. The van der Waals surface area contributed by atoms with Gasteiger partial charge in [-0.2, -0.15) is 0 Å². The van der Waals surface area contributed by atoms with Gasteiger partial charge < -0.3 is 18.8 Å². The van der Waals surface area contributed by atoms with Gasteiger partial charge in [0.05, 0.1) is 5.25 Å². The summed E-state index contributed by atoms with van der Waals surface area (Å²) < 4.78 is 16.5. The maximum atomic E-state index is 12.9. The quantitative estimate of drug-likeness (QED) is 0.527. The summed E-state index contributed by atoms with van der Waals surface area (Å²) in [6.07, 6.45) is 0. The highest BCUT2D eigenvalue weighted by Crippen LogP contribution is 2.36. The summed E-state index contributed by atoms with van der Waals surface area (Å²) in [6.45, 7) is 6.20. The van der Waals surface area contributed by atoms with Gasteiger partial charge in [-0.3, -0.25) is 9.69 Å². The van der Waals surface area contributed by atoms with Crippen molar-refractivity contribution in [3.63, 3.8) is 0 Å². The fraction of sp³-hybridized carbons (Fsp3) is 0.348. The Kier molecular flexibility index (Phi) is 6.00. The summed E-state index contributed by atoms with van der Waals surface area (Å²) >= 11 is 1.29. The molecule has 1 amide bonds. The third-order valence-corrected chi connectivity index (χ3v) is 6.51. The summed E-state index contributed by atoms with van der Waals surface area (Å²) in [4.78, 5) is 17.2. The highest BCUT2D eigenvalue weighted by Gasteiger charge is 2.27. The van der Waals surface area contributed by atoms with E-state index in [0.29, 0.717) is 22.6 Å². The Morgan fingerprint density at radius 2 is 1.81 bits per heavy atom. The molecule has 32 heavy (non-hydrogen) atoms. The number of fused-ring (bicyclic) bond motifs is 1. The topological polar surface area (TPSA) is 80.9 Å². The van der Waals surface area contributed by atoms with E-state index in [1.807, 2.05) is 36.1 Å². The molecule has 0 unspecified atom stereocenters. The molecule has 0 bridgehead atoms. The van der Waals surface area contributed by atoms with Crippen LogP contribution in [0.3, 0.4) is 0 Å². The van der Waals surface area contributed by atoms with Gasteiger partial charge in [0.2, 0.25) is 18.6 Å². The van der Waals surface area contributed by atoms with Gasteiger partial charge in [0.25, 0.3) is 5.22 Å². The monoisotopic (exact) mass is 452 g/mol. The summed E-state index contributed by atoms with van der Waals surface area (Å²) in [5.74, 6) is 1.84. The van der Waals surface area contributed by atoms with E-state index in [-0.39, 0.29) is 18.0 Å². The molecule has 2 aromatic carbocycles. The second-order valence-corrected chi connectivity index (χ2v) is 9.08. The zero-order chi connectivity index (χ0) is 21.9. The van der Waals surface area contributed by atoms with Crippen LogP contribution in [0.1, 0.15) is 12.5 Å². The van der Waals surface area contributed by atoms with Crippen LogP contribution in [0.25, 0.3) is 11.5 Å². The van der Waals surface area contributed by atoms with Crippen molar-refractivity contribution in [2.45, 2.75) is 23.9 Å². The van der Waals surface area contributed by atoms with Crippen LogP contribution in [0.5, 0.6) is 11.5 Å². The number of hydrogen-bond acceptors (Lipinski definition) is 8. The molecule has 3 heterocycles. The summed E-state index contributed by atoms with van der Waals surface area (Å²) in [7, 11) is 0. The molecule has 9 heteroatoms. The van der Waals surface area contributed by atoms with Crippen LogP contribution < -0.4 is 9.47 Å². The molecule has 2 aliphatic heterocycles. The fourth-order valence-corrected chi connectivity index (χ4v) is 4.60. The van der Waals surface area contributed by atoms with Crippen molar-refractivity contribution in [2.24, 2.45) is 0 Å². The predicted molar refractivity (Wildman–Crippen MR) is 119 cm³/mol. The Labute approximate surface area is 190 Å². The molecule has 1 aromatic heterocycles. The Hall–Kier alpha value is -3.04. The molecular weight excluding hydrogens is 428 g/mol. The smallest absolute Gasteiger partial charge is 0.277 e. The lowest BCUT2D eigenvalue weighted by Gasteiger charge is -2.35. The van der Waals surface area contributed by atoms with Crippen molar-refractivity contribution in [3.8, 4) is 23.0 Å². The molecule has 0 radical (unpaired) electrons. The molecular formula is C23H24N4O4S. The van der Waals surface area contributed by atoms with Gasteiger partial charge in [0.15, 0.2) is 11.5 Å². The van der Waals surface area contributed by atoms with E-state index in [2.05, 4.69) is 39.4 Å². The molecule has 0 saturated carbocycles. The predicted octanol–water partition coefficient (Wildman–Crippen LogP) is 3.29. The lowest BCUT2D eigenvalue weighted by atomic mass is 10.2. The zero-order valence-corrected chi connectivity index (χ0v) is 18.6. The van der Waals surface area contributed by atoms with E-state index in [9.17, 15) is 4.79 Å². The first-order valence-electron chi connectivity index (χ1n) is 10.6. The number of thioether (sulfide) groups is 1. The molecule has 0 aliphatic carbocycles. The second kappa shape index (κ2) is 9.22. The van der Waals surface area contributed by atoms with E-state index >= 15 is 0 Å². The van der Waals surface area contributed by atoms with E-state index in [0.717, 1.165) is 38.3 Å². The maximum Gasteiger partial charge on any atom is 0.277 e. The lowest BCUT2D eigenvalue weighted by Crippen LogP contribution is -2.50. The molecule has 0 spiro atoms. The number of amides is 1.